The Labute approximate surface area is 109 Å². The maximum atomic E-state index is 12.7. The van der Waals surface area contributed by atoms with Crippen LogP contribution in [0.25, 0.3) is 0 Å². The summed E-state index contributed by atoms with van der Waals surface area (Å²) in [7, 11) is -4.00. The van der Waals surface area contributed by atoms with Crippen molar-refractivity contribution < 1.29 is 22.3 Å². The van der Waals surface area contributed by atoms with Crippen LogP contribution >= 0.6 is 0 Å². The average Bonchev–Trinajstić information content (AvgIpc) is 2.37. The number of sulfonamides is 1. The van der Waals surface area contributed by atoms with Crippen molar-refractivity contribution in [2.75, 3.05) is 13.2 Å². The quantitative estimate of drug-likeness (QED) is 0.803. The fourth-order valence-corrected chi connectivity index (χ4v) is 2.48. The SMILES string of the molecule is N#Cc1ccccc1CS(=O)(=O)NCC(F)(F)CO. The molecule has 8 heteroatoms. The highest BCUT2D eigenvalue weighted by Gasteiger charge is 2.29. The largest absolute Gasteiger partial charge is 0.390 e. The van der Waals surface area contributed by atoms with Gasteiger partial charge in [0.1, 0.15) is 6.61 Å². The molecule has 1 aromatic rings. The zero-order valence-electron chi connectivity index (χ0n) is 9.81. The molecule has 1 rings (SSSR count). The summed E-state index contributed by atoms with van der Waals surface area (Å²) < 4.78 is 50.4. The van der Waals surface area contributed by atoms with Crippen LogP contribution in [0, 0.1) is 11.3 Å². The molecule has 104 valence electrons. The van der Waals surface area contributed by atoms with E-state index < -0.39 is 34.9 Å². The second-order valence-corrected chi connectivity index (χ2v) is 5.67. The summed E-state index contributed by atoms with van der Waals surface area (Å²) in [6.07, 6.45) is 0. The number of nitrogens with one attached hydrogen (secondary N) is 1. The van der Waals surface area contributed by atoms with Gasteiger partial charge in [0.15, 0.2) is 0 Å². The molecule has 0 amide bonds. The number of halogens is 2. The molecule has 0 fully saturated rings. The lowest BCUT2D eigenvalue weighted by atomic mass is 10.1. The Morgan fingerprint density at radius 2 is 2.00 bits per heavy atom. The zero-order valence-corrected chi connectivity index (χ0v) is 10.6. The van der Waals surface area contributed by atoms with Gasteiger partial charge in [-0.1, -0.05) is 18.2 Å². The van der Waals surface area contributed by atoms with Crippen LogP contribution in [0.2, 0.25) is 0 Å². The Bertz CT molecular complexity index is 582. The van der Waals surface area contributed by atoms with Crippen molar-refractivity contribution in [2.45, 2.75) is 11.7 Å². The molecule has 0 saturated carbocycles. The van der Waals surface area contributed by atoms with Gasteiger partial charge in [-0.05, 0) is 11.6 Å². The lowest BCUT2D eigenvalue weighted by Crippen LogP contribution is -2.39. The van der Waals surface area contributed by atoms with Gasteiger partial charge in [-0.15, -0.1) is 0 Å². The van der Waals surface area contributed by atoms with E-state index >= 15 is 0 Å². The molecule has 2 N–H and O–H groups in total. The highest BCUT2D eigenvalue weighted by molar-refractivity contribution is 7.88. The predicted octanol–water partition coefficient (Wildman–Crippen LogP) is 0.605. The van der Waals surface area contributed by atoms with E-state index in [0.717, 1.165) is 0 Å². The molecule has 0 aromatic heterocycles. The van der Waals surface area contributed by atoms with Crippen LogP contribution in [0.4, 0.5) is 8.78 Å². The molecule has 0 aliphatic carbocycles. The van der Waals surface area contributed by atoms with Crippen molar-refractivity contribution in [1.29, 1.82) is 5.26 Å². The Kier molecular flexibility index (Phi) is 4.94. The first-order valence-electron chi connectivity index (χ1n) is 5.24. The third-order valence-corrected chi connectivity index (χ3v) is 3.54. The summed E-state index contributed by atoms with van der Waals surface area (Å²) in [4.78, 5) is 0. The Morgan fingerprint density at radius 3 is 2.58 bits per heavy atom. The fraction of sp³-hybridized carbons (Fsp3) is 0.364. The summed E-state index contributed by atoms with van der Waals surface area (Å²) in [6, 6.07) is 7.81. The molecule has 1 aromatic carbocycles. The molecule has 0 heterocycles. The normalized spacial score (nSPS) is 12.1. The number of hydrogen-bond acceptors (Lipinski definition) is 4. The molecule has 0 aliphatic rings. The molecule has 5 nitrogen and oxygen atoms in total. The summed E-state index contributed by atoms with van der Waals surface area (Å²) in [5.74, 6) is -4.08. The number of alkyl halides is 2. The van der Waals surface area contributed by atoms with E-state index in [1.54, 1.807) is 16.9 Å². The summed E-state index contributed by atoms with van der Waals surface area (Å²) in [5, 5.41) is 17.1. The van der Waals surface area contributed by atoms with E-state index in [1.807, 2.05) is 6.07 Å². The van der Waals surface area contributed by atoms with Gasteiger partial charge in [0, 0.05) is 0 Å². The molecule has 0 spiro atoms. The summed E-state index contributed by atoms with van der Waals surface area (Å²) in [6.45, 7) is -2.62. The first kappa shape index (κ1) is 15.5. The minimum atomic E-state index is -4.00. The third-order valence-electron chi connectivity index (χ3n) is 2.27. The van der Waals surface area contributed by atoms with Gasteiger partial charge in [-0.3, -0.25) is 0 Å². The standard InChI is InChI=1S/C11H12F2N2O3S/c12-11(13,8-16)7-15-19(17,18)6-10-4-2-1-3-9(10)5-14/h1-4,15-16H,6-8H2. The minimum Gasteiger partial charge on any atom is -0.390 e. The highest BCUT2D eigenvalue weighted by atomic mass is 32.2. The molecule has 19 heavy (non-hydrogen) atoms. The van der Waals surface area contributed by atoms with Gasteiger partial charge >= 0.3 is 0 Å². The van der Waals surface area contributed by atoms with E-state index in [-0.39, 0.29) is 11.1 Å². The lowest BCUT2D eigenvalue weighted by molar-refractivity contribution is -0.0437. The number of rotatable bonds is 6. The van der Waals surface area contributed by atoms with Crippen LogP contribution in [-0.4, -0.2) is 32.6 Å². The molecular weight excluding hydrogens is 278 g/mol. The number of aliphatic hydroxyl groups excluding tert-OH is 1. The fourth-order valence-electron chi connectivity index (χ4n) is 1.28. The minimum absolute atomic E-state index is 0.168. The van der Waals surface area contributed by atoms with Crippen molar-refractivity contribution in [1.82, 2.24) is 4.72 Å². The first-order valence-corrected chi connectivity index (χ1v) is 6.89. The number of benzene rings is 1. The van der Waals surface area contributed by atoms with E-state index in [1.165, 1.54) is 12.1 Å². The van der Waals surface area contributed by atoms with E-state index in [4.69, 9.17) is 10.4 Å². The van der Waals surface area contributed by atoms with Crippen molar-refractivity contribution >= 4 is 10.0 Å². The molecular formula is C11H12F2N2O3S. The van der Waals surface area contributed by atoms with Gasteiger partial charge in [0.25, 0.3) is 5.92 Å². The Morgan fingerprint density at radius 1 is 1.37 bits per heavy atom. The van der Waals surface area contributed by atoms with E-state index in [2.05, 4.69) is 0 Å². The second-order valence-electron chi connectivity index (χ2n) is 3.86. The topological polar surface area (TPSA) is 90.2 Å². The van der Waals surface area contributed by atoms with Crippen LogP contribution in [0.3, 0.4) is 0 Å². The van der Waals surface area contributed by atoms with Crippen molar-refractivity contribution in [2.24, 2.45) is 0 Å². The van der Waals surface area contributed by atoms with Gasteiger partial charge in [0.05, 0.1) is 23.9 Å². The molecule has 0 atom stereocenters. The number of aliphatic hydroxyl groups is 1. The average molecular weight is 290 g/mol. The molecule has 0 aliphatic heterocycles. The molecule has 0 bridgehead atoms. The predicted molar refractivity (Wildman–Crippen MR) is 63.8 cm³/mol. The van der Waals surface area contributed by atoms with Gasteiger partial charge < -0.3 is 5.11 Å². The van der Waals surface area contributed by atoms with E-state index in [9.17, 15) is 17.2 Å². The molecule has 0 radical (unpaired) electrons. The van der Waals surface area contributed by atoms with Crippen LogP contribution in [0.5, 0.6) is 0 Å². The molecule has 0 saturated heterocycles. The maximum Gasteiger partial charge on any atom is 0.283 e. The van der Waals surface area contributed by atoms with Crippen molar-refractivity contribution in [3.8, 4) is 6.07 Å². The lowest BCUT2D eigenvalue weighted by Gasteiger charge is -2.14. The number of nitrogens with zero attached hydrogens (tertiary/aromatic N) is 1. The van der Waals surface area contributed by atoms with Gasteiger partial charge in [-0.25, -0.2) is 21.9 Å². The monoisotopic (exact) mass is 290 g/mol. The smallest absolute Gasteiger partial charge is 0.283 e. The van der Waals surface area contributed by atoms with Crippen LogP contribution < -0.4 is 4.72 Å². The maximum absolute atomic E-state index is 12.7. The van der Waals surface area contributed by atoms with Crippen LogP contribution in [0.1, 0.15) is 11.1 Å². The van der Waals surface area contributed by atoms with Crippen LogP contribution in [0.15, 0.2) is 24.3 Å². The second kappa shape index (κ2) is 6.06. The first-order chi connectivity index (χ1) is 8.79. The van der Waals surface area contributed by atoms with Crippen LogP contribution in [-0.2, 0) is 15.8 Å². The van der Waals surface area contributed by atoms with Crippen molar-refractivity contribution in [3.63, 3.8) is 0 Å². The van der Waals surface area contributed by atoms with E-state index in [0.29, 0.717) is 0 Å². The molecule has 0 unspecified atom stereocenters. The van der Waals surface area contributed by atoms with Gasteiger partial charge in [0.2, 0.25) is 10.0 Å². The van der Waals surface area contributed by atoms with Crippen molar-refractivity contribution in [3.05, 3.63) is 35.4 Å². The number of hydrogen-bond donors (Lipinski definition) is 2. The summed E-state index contributed by atoms with van der Waals surface area (Å²) in [5.41, 5.74) is 0.395. The number of nitriles is 1. The summed E-state index contributed by atoms with van der Waals surface area (Å²) >= 11 is 0. The Balaban J connectivity index is 2.78. The third kappa shape index (κ3) is 4.90. The Hall–Kier alpha value is -1.56. The van der Waals surface area contributed by atoms with Gasteiger partial charge in [-0.2, -0.15) is 5.26 Å². The zero-order chi connectivity index (χ0) is 14.5. The highest BCUT2D eigenvalue weighted by Crippen LogP contribution is 2.13.